The molecule has 10 heteroatoms. The minimum atomic E-state index is -0.498. The molecule has 138 valence electrons. The van der Waals surface area contributed by atoms with Crippen LogP contribution in [0.15, 0.2) is 42.5 Å². The Bertz CT molecular complexity index is 1050. The third-order valence-electron chi connectivity index (χ3n) is 3.61. The number of hydrogen-bond donors (Lipinski definition) is 2. The van der Waals surface area contributed by atoms with Crippen molar-refractivity contribution in [1.29, 1.82) is 0 Å². The Hall–Kier alpha value is -2.75. The minimum Gasteiger partial charge on any atom is -0.497 e. The van der Waals surface area contributed by atoms with Gasteiger partial charge in [-0.2, -0.15) is 0 Å². The maximum Gasteiger partial charge on any atom is 0.269 e. The Labute approximate surface area is 168 Å². The zero-order valence-electron chi connectivity index (χ0n) is 13.8. The predicted octanol–water partition coefficient (Wildman–Crippen LogP) is 4.60. The highest BCUT2D eigenvalue weighted by Gasteiger charge is 2.18. The van der Waals surface area contributed by atoms with E-state index in [1.807, 2.05) is 0 Å². The normalized spacial score (nSPS) is 10.4. The molecule has 0 aliphatic heterocycles. The molecule has 0 atom stereocenters. The number of nitrogens with one attached hydrogen (secondary N) is 2. The Morgan fingerprint density at radius 1 is 1.26 bits per heavy atom. The van der Waals surface area contributed by atoms with E-state index >= 15 is 0 Å². The number of nitrogens with zero attached hydrogens (tertiary/aromatic N) is 1. The molecule has 0 unspecified atom stereocenters. The number of ether oxygens (including phenoxy) is 1. The SMILES string of the molecule is COc1ccc2c(Cl)c(C(=O)NC(=S)Nc3ccc([N+](=O)[O-])cc3)sc2c1. The second-order valence-electron chi connectivity index (χ2n) is 5.32. The van der Waals surface area contributed by atoms with E-state index in [0.717, 1.165) is 10.1 Å². The largest absolute Gasteiger partial charge is 0.497 e. The van der Waals surface area contributed by atoms with Crippen molar-refractivity contribution in [3.05, 3.63) is 62.5 Å². The van der Waals surface area contributed by atoms with Crippen molar-refractivity contribution in [3.8, 4) is 5.75 Å². The molecule has 2 N–H and O–H groups in total. The Balaban J connectivity index is 1.72. The molecule has 3 rings (SSSR count). The molecule has 0 aliphatic rings. The van der Waals surface area contributed by atoms with Gasteiger partial charge in [0.1, 0.15) is 10.6 Å². The first kappa shape index (κ1) is 19.0. The van der Waals surface area contributed by atoms with Gasteiger partial charge in [-0.3, -0.25) is 20.2 Å². The predicted molar refractivity (Wildman–Crippen MR) is 110 cm³/mol. The van der Waals surface area contributed by atoms with Crippen LogP contribution in [0.3, 0.4) is 0 Å². The van der Waals surface area contributed by atoms with E-state index in [1.54, 1.807) is 25.3 Å². The highest BCUT2D eigenvalue weighted by atomic mass is 35.5. The molecule has 0 fully saturated rings. The summed E-state index contributed by atoms with van der Waals surface area (Å²) in [6.07, 6.45) is 0. The number of halogens is 1. The average Bonchev–Trinajstić information content (AvgIpc) is 2.98. The summed E-state index contributed by atoms with van der Waals surface area (Å²) in [5.41, 5.74) is 0.473. The second kappa shape index (κ2) is 7.87. The van der Waals surface area contributed by atoms with Gasteiger partial charge in [0.2, 0.25) is 0 Å². The van der Waals surface area contributed by atoms with E-state index in [9.17, 15) is 14.9 Å². The molecule has 0 saturated carbocycles. The Morgan fingerprint density at radius 3 is 2.59 bits per heavy atom. The number of rotatable bonds is 4. The number of thiocarbonyl (C=S) groups is 1. The van der Waals surface area contributed by atoms with Gasteiger partial charge in [0.05, 0.1) is 17.1 Å². The fraction of sp³-hybridized carbons (Fsp3) is 0.0588. The summed E-state index contributed by atoms with van der Waals surface area (Å²) >= 11 is 12.7. The van der Waals surface area contributed by atoms with Gasteiger partial charge in [0, 0.05) is 27.9 Å². The van der Waals surface area contributed by atoms with Crippen molar-refractivity contribution in [2.75, 3.05) is 12.4 Å². The van der Waals surface area contributed by atoms with Gasteiger partial charge in [-0.15, -0.1) is 11.3 Å². The molecule has 1 heterocycles. The summed E-state index contributed by atoms with van der Waals surface area (Å²) in [6, 6.07) is 11.0. The van der Waals surface area contributed by atoms with Gasteiger partial charge >= 0.3 is 0 Å². The summed E-state index contributed by atoms with van der Waals surface area (Å²) in [5, 5.41) is 17.2. The van der Waals surface area contributed by atoms with Crippen LogP contribution in [0.25, 0.3) is 10.1 Å². The lowest BCUT2D eigenvalue weighted by Crippen LogP contribution is -2.33. The van der Waals surface area contributed by atoms with Gasteiger partial charge in [-0.25, -0.2) is 0 Å². The number of nitro benzene ring substituents is 1. The van der Waals surface area contributed by atoms with Crippen LogP contribution < -0.4 is 15.4 Å². The average molecular weight is 422 g/mol. The number of thiophene rings is 1. The van der Waals surface area contributed by atoms with Gasteiger partial charge in [-0.1, -0.05) is 11.6 Å². The molecule has 0 radical (unpaired) electrons. The van der Waals surface area contributed by atoms with Crippen LogP contribution in [0.5, 0.6) is 5.75 Å². The second-order valence-corrected chi connectivity index (χ2v) is 7.16. The van der Waals surface area contributed by atoms with E-state index in [1.165, 1.54) is 35.6 Å². The summed E-state index contributed by atoms with van der Waals surface area (Å²) < 4.78 is 5.99. The molecular formula is C17H12ClN3O4S2. The van der Waals surface area contributed by atoms with E-state index in [2.05, 4.69) is 10.6 Å². The zero-order valence-corrected chi connectivity index (χ0v) is 16.2. The molecule has 2 aromatic carbocycles. The molecule has 27 heavy (non-hydrogen) atoms. The standard InChI is InChI=1S/C17H12ClN3O4S2/c1-25-11-6-7-12-13(8-11)27-15(14(12)18)16(22)20-17(26)19-9-2-4-10(5-3-9)21(23)24/h2-8H,1H3,(H2,19,20,22,26). The number of fused-ring (bicyclic) bond motifs is 1. The van der Waals surface area contributed by atoms with Crippen molar-refractivity contribution in [2.24, 2.45) is 0 Å². The number of methoxy groups -OCH3 is 1. The van der Waals surface area contributed by atoms with Crippen molar-refractivity contribution in [3.63, 3.8) is 0 Å². The molecule has 3 aromatic rings. The molecule has 7 nitrogen and oxygen atoms in total. The number of carbonyl (C=O) groups is 1. The summed E-state index contributed by atoms with van der Waals surface area (Å²) in [6.45, 7) is 0. The molecule has 1 amide bonds. The van der Waals surface area contributed by atoms with Crippen LogP contribution in [-0.4, -0.2) is 23.1 Å². The van der Waals surface area contributed by atoms with Gasteiger partial charge in [0.15, 0.2) is 5.11 Å². The van der Waals surface area contributed by atoms with Crippen LogP contribution in [0.2, 0.25) is 5.02 Å². The van der Waals surface area contributed by atoms with Crippen LogP contribution >= 0.6 is 35.2 Å². The third-order valence-corrected chi connectivity index (χ3v) is 5.47. The van der Waals surface area contributed by atoms with Gasteiger partial charge in [0.25, 0.3) is 11.6 Å². The zero-order chi connectivity index (χ0) is 19.6. The lowest BCUT2D eigenvalue weighted by Gasteiger charge is -2.08. The fourth-order valence-corrected chi connectivity index (χ4v) is 3.96. The lowest BCUT2D eigenvalue weighted by atomic mass is 10.2. The first-order chi connectivity index (χ1) is 12.9. The number of non-ortho nitro benzene ring substituents is 1. The quantitative estimate of drug-likeness (QED) is 0.363. The Morgan fingerprint density at radius 2 is 1.96 bits per heavy atom. The number of amides is 1. The molecule has 0 bridgehead atoms. The van der Waals surface area contributed by atoms with Gasteiger partial charge < -0.3 is 10.1 Å². The smallest absolute Gasteiger partial charge is 0.269 e. The van der Waals surface area contributed by atoms with E-state index in [4.69, 9.17) is 28.6 Å². The molecule has 0 saturated heterocycles. The highest BCUT2D eigenvalue weighted by Crippen LogP contribution is 2.37. The summed E-state index contributed by atoms with van der Waals surface area (Å²) in [5.74, 6) is 0.224. The molecule has 0 spiro atoms. The molecule has 1 aromatic heterocycles. The van der Waals surface area contributed by atoms with Crippen LogP contribution in [0.1, 0.15) is 9.67 Å². The summed E-state index contributed by atoms with van der Waals surface area (Å²) in [4.78, 5) is 23.0. The maximum absolute atomic E-state index is 12.5. The van der Waals surface area contributed by atoms with Crippen molar-refractivity contribution >= 4 is 67.6 Å². The minimum absolute atomic E-state index is 0.0389. The number of hydrogen-bond acceptors (Lipinski definition) is 6. The van der Waals surface area contributed by atoms with Crippen molar-refractivity contribution in [1.82, 2.24) is 5.32 Å². The number of anilines is 1. The van der Waals surface area contributed by atoms with Crippen LogP contribution in [0.4, 0.5) is 11.4 Å². The first-order valence-corrected chi connectivity index (χ1v) is 9.12. The van der Waals surface area contributed by atoms with E-state index in [-0.39, 0.29) is 10.8 Å². The number of benzene rings is 2. The van der Waals surface area contributed by atoms with Crippen molar-refractivity contribution in [2.45, 2.75) is 0 Å². The summed E-state index contributed by atoms with van der Waals surface area (Å²) in [7, 11) is 1.56. The van der Waals surface area contributed by atoms with E-state index < -0.39 is 10.8 Å². The molecular weight excluding hydrogens is 410 g/mol. The Kier molecular flexibility index (Phi) is 5.54. The molecule has 0 aliphatic carbocycles. The maximum atomic E-state index is 12.5. The monoisotopic (exact) mass is 421 g/mol. The van der Waals surface area contributed by atoms with Crippen LogP contribution in [0, 0.1) is 10.1 Å². The lowest BCUT2D eigenvalue weighted by molar-refractivity contribution is -0.384. The number of carbonyl (C=O) groups excluding carboxylic acids is 1. The van der Waals surface area contributed by atoms with E-state index in [0.29, 0.717) is 21.3 Å². The fourth-order valence-electron chi connectivity index (χ4n) is 2.31. The third kappa shape index (κ3) is 4.16. The van der Waals surface area contributed by atoms with Gasteiger partial charge in [-0.05, 0) is 42.5 Å². The van der Waals surface area contributed by atoms with Crippen molar-refractivity contribution < 1.29 is 14.5 Å². The highest BCUT2D eigenvalue weighted by molar-refractivity contribution is 7.80. The number of nitro groups is 1. The topological polar surface area (TPSA) is 93.5 Å². The van der Waals surface area contributed by atoms with Crippen LogP contribution in [-0.2, 0) is 0 Å². The first-order valence-electron chi connectivity index (χ1n) is 7.52.